The minimum atomic E-state index is -4.94. The van der Waals surface area contributed by atoms with Gasteiger partial charge in [0.05, 0.1) is 20.3 Å². The van der Waals surface area contributed by atoms with Crippen molar-refractivity contribution in [1.82, 2.24) is 0 Å². The molecular weight excluding hydrogens is 360 g/mol. The van der Waals surface area contributed by atoms with E-state index in [9.17, 15) is 23.7 Å². The maximum atomic E-state index is 11.0. The highest BCUT2D eigenvalue weighted by molar-refractivity contribution is 7.80. The Hall–Kier alpha value is -1.31. The van der Waals surface area contributed by atoms with Crippen LogP contribution >= 0.6 is 0 Å². The lowest BCUT2D eigenvalue weighted by Gasteiger charge is -2.40. The average Bonchev–Trinajstić information content (AvgIpc) is 2.58. The smallest absolute Gasteiger partial charge is 0.397 e. The van der Waals surface area contributed by atoms with Crippen LogP contribution in [-0.4, -0.2) is 72.7 Å². The molecule has 0 saturated carbocycles. The first-order valence-corrected chi connectivity index (χ1v) is 8.64. The molecule has 4 N–H and O–H groups in total. The monoisotopic (exact) mass is 380 g/mol. The molecule has 11 heteroatoms. The Kier molecular flexibility index (Phi) is 6.71. The number of rotatable bonds is 7. The Labute approximate surface area is 144 Å². The Bertz CT molecular complexity index is 646. The van der Waals surface area contributed by atoms with Crippen molar-refractivity contribution in [2.75, 3.05) is 13.7 Å². The summed E-state index contributed by atoms with van der Waals surface area (Å²) in [5.74, 6) is 0.629. The van der Waals surface area contributed by atoms with Crippen molar-refractivity contribution in [3.63, 3.8) is 0 Å². The molecule has 0 radical (unpaired) electrons. The van der Waals surface area contributed by atoms with E-state index in [1.807, 2.05) is 0 Å². The second kappa shape index (κ2) is 8.38. The third kappa shape index (κ3) is 5.33. The second-order valence-corrected chi connectivity index (χ2v) is 6.40. The molecule has 1 aromatic rings. The maximum Gasteiger partial charge on any atom is 0.397 e. The molecule has 1 aliphatic rings. The topological polar surface area (TPSA) is 152 Å². The minimum Gasteiger partial charge on any atom is -0.497 e. The summed E-state index contributed by atoms with van der Waals surface area (Å²) < 4.78 is 50.8. The highest BCUT2D eigenvalue weighted by Gasteiger charge is 2.47. The number of hydrogen-bond donors (Lipinski definition) is 4. The molecule has 5 unspecified atom stereocenters. The van der Waals surface area contributed by atoms with E-state index in [4.69, 9.17) is 18.8 Å². The number of aliphatic hydroxyl groups is 3. The molecule has 2 rings (SSSR count). The Morgan fingerprint density at radius 1 is 1.16 bits per heavy atom. The highest BCUT2D eigenvalue weighted by atomic mass is 32.3. The first kappa shape index (κ1) is 20.0. The Balaban J connectivity index is 2.11. The number of aliphatic hydroxyl groups excluding tert-OH is 3. The van der Waals surface area contributed by atoms with Crippen molar-refractivity contribution in [3.8, 4) is 5.75 Å². The molecule has 0 amide bonds. The van der Waals surface area contributed by atoms with Gasteiger partial charge in [0, 0.05) is 0 Å². The fourth-order valence-electron chi connectivity index (χ4n) is 2.33. The van der Waals surface area contributed by atoms with Gasteiger partial charge in [0.25, 0.3) is 0 Å². The minimum absolute atomic E-state index is 0.0546. The largest absolute Gasteiger partial charge is 0.497 e. The van der Waals surface area contributed by atoms with Crippen LogP contribution < -0.4 is 4.74 Å². The van der Waals surface area contributed by atoms with Crippen molar-refractivity contribution in [2.45, 2.75) is 37.3 Å². The van der Waals surface area contributed by atoms with Gasteiger partial charge in [-0.3, -0.25) is 4.55 Å². The number of hydrogen-bond acceptors (Lipinski definition) is 9. The molecule has 142 valence electrons. The third-order valence-electron chi connectivity index (χ3n) is 3.63. The van der Waals surface area contributed by atoms with Gasteiger partial charge in [0.15, 0.2) is 12.4 Å². The van der Waals surface area contributed by atoms with E-state index in [0.29, 0.717) is 11.3 Å². The van der Waals surface area contributed by atoms with E-state index in [2.05, 4.69) is 4.18 Å². The lowest BCUT2D eigenvalue weighted by Crippen LogP contribution is -2.60. The van der Waals surface area contributed by atoms with E-state index in [1.54, 1.807) is 24.3 Å². The lowest BCUT2D eigenvalue weighted by atomic mass is 9.99. The summed E-state index contributed by atoms with van der Waals surface area (Å²) >= 11 is 0. The Morgan fingerprint density at radius 2 is 1.80 bits per heavy atom. The number of benzene rings is 1. The SMILES string of the molecule is COc1ccc(COC2OC(CO)C(O)C(O)C2OS(=O)(=O)O)cc1. The van der Waals surface area contributed by atoms with Crippen molar-refractivity contribution < 1.29 is 46.7 Å². The first-order valence-electron chi connectivity index (χ1n) is 7.28. The molecule has 0 aromatic heterocycles. The second-order valence-electron chi connectivity index (χ2n) is 5.35. The predicted molar refractivity (Wildman–Crippen MR) is 82.0 cm³/mol. The zero-order valence-corrected chi connectivity index (χ0v) is 14.1. The van der Waals surface area contributed by atoms with Crippen molar-refractivity contribution in [2.24, 2.45) is 0 Å². The summed E-state index contributed by atoms with van der Waals surface area (Å²) in [5, 5.41) is 29.0. The first-order chi connectivity index (χ1) is 11.7. The summed E-state index contributed by atoms with van der Waals surface area (Å²) in [6, 6.07) is 6.74. The number of methoxy groups -OCH3 is 1. The van der Waals surface area contributed by atoms with Crippen LogP contribution in [0, 0.1) is 0 Å². The molecule has 0 aliphatic carbocycles. The van der Waals surface area contributed by atoms with Crippen molar-refractivity contribution in [3.05, 3.63) is 29.8 Å². The van der Waals surface area contributed by atoms with Gasteiger partial charge in [-0.1, -0.05) is 12.1 Å². The maximum absolute atomic E-state index is 11.0. The van der Waals surface area contributed by atoms with Gasteiger partial charge in [0.2, 0.25) is 0 Å². The van der Waals surface area contributed by atoms with Gasteiger partial charge >= 0.3 is 10.4 Å². The summed E-state index contributed by atoms with van der Waals surface area (Å²) in [7, 11) is -3.43. The Morgan fingerprint density at radius 3 is 2.32 bits per heavy atom. The zero-order chi connectivity index (χ0) is 18.6. The lowest BCUT2D eigenvalue weighted by molar-refractivity contribution is -0.298. The summed E-state index contributed by atoms with van der Waals surface area (Å²) in [5.41, 5.74) is 0.677. The predicted octanol–water partition coefficient (Wildman–Crippen LogP) is -1.16. The van der Waals surface area contributed by atoms with Crippen LogP contribution in [0.4, 0.5) is 0 Å². The molecule has 0 spiro atoms. The van der Waals surface area contributed by atoms with Crippen LogP contribution in [0.3, 0.4) is 0 Å². The van der Waals surface area contributed by atoms with Gasteiger partial charge in [-0.05, 0) is 17.7 Å². The quantitative estimate of drug-likeness (QED) is 0.426. The van der Waals surface area contributed by atoms with Gasteiger partial charge in [0.1, 0.15) is 24.1 Å². The van der Waals surface area contributed by atoms with Crippen LogP contribution in [0.1, 0.15) is 5.56 Å². The van der Waals surface area contributed by atoms with Gasteiger partial charge in [-0.15, -0.1) is 0 Å². The summed E-state index contributed by atoms with van der Waals surface area (Å²) in [6.45, 7) is -0.694. The van der Waals surface area contributed by atoms with Crippen LogP contribution in [-0.2, 0) is 30.7 Å². The van der Waals surface area contributed by atoms with Crippen molar-refractivity contribution in [1.29, 1.82) is 0 Å². The van der Waals surface area contributed by atoms with Crippen LogP contribution in [0.5, 0.6) is 5.75 Å². The molecule has 1 heterocycles. The molecule has 10 nitrogen and oxygen atoms in total. The van der Waals surface area contributed by atoms with Crippen LogP contribution in [0.2, 0.25) is 0 Å². The molecule has 1 aromatic carbocycles. The van der Waals surface area contributed by atoms with E-state index < -0.39 is 47.7 Å². The van der Waals surface area contributed by atoms with Crippen LogP contribution in [0.25, 0.3) is 0 Å². The number of ether oxygens (including phenoxy) is 3. The fourth-order valence-corrected chi connectivity index (χ4v) is 2.82. The summed E-state index contributed by atoms with van der Waals surface area (Å²) in [4.78, 5) is 0. The van der Waals surface area contributed by atoms with E-state index in [-0.39, 0.29) is 6.61 Å². The highest BCUT2D eigenvalue weighted by Crippen LogP contribution is 2.26. The van der Waals surface area contributed by atoms with E-state index in [1.165, 1.54) is 7.11 Å². The molecular formula is C14H20O10S. The standard InChI is InChI=1S/C14H20O10S/c1-21-9-4-2-8(3-5-9)7-22-14-13(24-25(18,19)20)12(17)11(16)10(6-15)23-14/h2-5,10-17H,6-7H2,1H3,(H,18,19,20). The van der Waals surface area contributed by atoms with Gasteiger partial charge in [-0.25, -0.2) is 4.18 Å². The van der Waals surface area contributed by atoms with Gasteiger partial charge in [-0.2, -0.15) is 8.42 Å². The fraction of sp³-hybridized carbons (Fsp3) is 0.571. The molecule has 25 heavy (non-hydrogen) atoms. The van der Waals surface area contributed by atoms with E-state index in [0.717, 1.165) is 0 Å². The van der Waals surface area contributed by atoms with E-state index >= 15 is 0 Å². The van der Waals surface area contributed by atoms with Crippen LogP contribution in [0.15, 0.2) is 24.3 Å². The normalized spacial score (nSPS) is 30.2. The molecule has 0 bridgehead atoms. The van der Waals surface area contributed by atoms with Gasteiger partial charge < -0.3 is 29.5 Å². The summed E-state index contributed by atoms with van der Waals surface area (Å²) in [6.07, 6.45) is -7.78. The molecule has 1 saturated heterocycles. The molecule has 5 atom stereocenters. The average molecular weight is 380 g/mol. The molecule has 1 fully saturated rings. The zero-order valence-electron chi connectivity index (χ0n) is 13.3. The molecule has 1 aliphatic heterocycles. The third-order valence-corrected chi connectivity index (χ3v) is 4.10. The van der Waals surface area contributed by atoms with Crippen molar-refractivity contribution >= 4 is 10.4 Å².